The molecule has 2 nitrogen and oxygen atoms in total. The zero-order chi connectivity index (χ0) is 11.3. The lowest BCUT2D eigenvalue weighted by Gasteiger charge is -2.13. The third-order valence-corrected chi connectivity index (χ3v) is 2.71. The Balaban J connectivity index is 2.47. The van der Waals surface area contributed by atoms with Gasteiger partial charge in [0, 0.05) is 16.9 Å². The van der Waals surface area contributed by atoms with E-state index in [2.05, 4.69) is 33.4 Å². The fourth-order valence-electron chi connectivity index (χ4n) is 1.40. The van der Waals surface area contributed by atoms with Crippen molar-refractivity contribution in [1.29, 1.82) is 0 Å². The molecule has 1 rings (SSSR count). The Hall–Kier alpha value is -0.830. The first-order valence-corrected chi connectivity index (χ1v) is 5.95. The maximum atomic E-state index is 11.1. The van der Waals surface area contributed by atoms with E-state index < -0.39 is 0 Å². The quantitative estimate of drug-likeness (QED) is 0.895. The molecule has 0 fully saturated rings. The smallest absolute Gasteiger partial charge is 0.219 e. The van der Waals surface area contributed by atoms with Gasteiger partial charge in [-0.15, -0.1) is 0 Å². The standard InChI is InChI=1S/C12H16BrNO/c1-3-12(15)14-9(2)8-10-4-6-11(13)7-5-10/h4-7,9H,3,8H2,1-2H3,(H,14,15)/t9-/m0/s1. The predicted octanol–water partition coefficient (Wildman–Crippen LogP) is 2.91. The molecular weight excluding hydrogens is 254 g/mol. The van der Waals surface area contributed by atoms with Crippen LogP contribution >= 0.6 is 15.9 Å². The molecule has 0 unspecified atom stereocenters. The summed E-state index contributed by atoms with van der Waals surface area (Å²) in [6.45, 7) is 3.89. The molecule has 15 heavy (non-hydrogen) atoms. The van der Waals surface area contributed by atoms with Crippen LogP contribution in [0.15, 0.2) is 28.7 Å². The first-order valence-electron chi connectivity index (χ1n) is 5.15. The van der Waals surface area contributed by atoms with E-state index in [1.165, 1.54) is 5.56 Å². The lowest BCUT2D eigenvalue weighted by atomic mass is 10.1. The summed E-state index contributed by atoms with van der Waals surface area (Å²) >= 11 is 3.39. The highest BCUT2D eigenvalue weighted by Gasteiger charge is 2.05. The third-order valence-electron chi connectivity index (χ3n) is 2.18. The van der Waals surface area contributed by atoms with E-state index in [9.17, 15) is 4.79 Å². The molecule has 0 heterocycles. The van der Waals surface area contributed by atoms with Crippen LogP contribution < -0.4 is 5.32 Å². The fraction of sp³-hybridized carbons (Fsp3) is 0.417. The zero-order valence-electron chi connectivity index (χ0n) is 9.09. The first kappa shape index (κ1) is 12.2. The Morgan fingerprint density at radius 1 is 1.40 bits per heavy atom. The van der Waals surface area contributed by atoms with Crippen molar-refractivity contribution in [2.75, 3.05) is 0 Å². The van der Waals surface area contributed by atoms with Gasteiger partial charge in [0.25, 0.3) is 0 Å². The van der Waals surface area contributed by atoms with E-state index in [1.54, 1.807) is 0 Å². The highest BCUT2D eigenvalue weighted by molar-refractivity contribution is 9.10. The molecule has 1 atom stereocenters. The SMILES string of the molecule is CCC(=O)N[C@@H](C)Cc1ccc(Br)cc1. The van der Waals surface area contributed by atoms with Gasteiger partial charge in [-0.3, -0.25) is 4.79 Å². The van der Waals surface area contributed by atoms with E-state index in [0.717, 1.165) is 10.9 Å². The monoisotopic (exact) mass is 269 g/mol. The number of nitrogens with one attached hydrogen (secondary N) is 1. The Morgan fingerprint density at radius 3 is 2.53 bits per heavy atom. The lowest BCUT2D eigenvalue weighted by Crippen LogP contribution is -2.33. The van der Waals surface area contributed by atoms with E-state index in [0.29, 0.717) is 6.42 Å². The van der Waals surface area contributed by atoms with Crippen LogP contribution in [0.2, 0.25) is 0 Å². The molecule has 1 amide bonds. The molecule has 0 bridgehead atoms. The highest BCUT2D eigenvalue weighted by Crippen LogP contribution is 2.11. The molecule has 0 aliphatic carbocycles. The summed E-state index contributed by atoms with van der Waals surface area (Å²) in [4.78, 5) is 11.1. The van der Waals surface area contributed by atoms with E-state index in [-0.39, 0.29) is 11.9 Å². The van der Waals surface area contributed by atoms with Gasteiger partial charge in [0.2, 0.25) is 5.91 Å². The predicted molar refractivity (Wildman–Crippen MR) is 65.7 cm³/mol. The maximum Gasteiger partial charge on any atom is 0.219 e. The second-order valence-electron chi connectivity index (χ2n) is 3.65. The number of carbonyl (C=O) groups excluding carboxylic acids is 1. The zero-order valence-corrected chi connectivity index (χ0v) is 10.7. The van der Waals surface area contributed by atoms with Crippen molar-refractivity contribution in [3.05, 3.63) is 34.3 Å². The number of rotatable bonds is 4. The van der Waals surface area contributed by atoms with Crippen LogP contribution in [0.3, 0.4) is 0 Å². The van der Waals surface area contributed by atoms with Gasteiger partial charge in [-0.05, 0) is 31.0 Å². The van der Waals surface area contributed by atoms with Crippen molar-refractivity contribution in [2.24, 2.45) is 0 Å². The minimum absolute atomic E-state index is 0.111. The lowest BCUT2D eigenvalue weighted by molar-refractivity contribution is -0.121. The van der Waals surface area contributed by atoms with Crippen LogP contribution in [-0.2, 0) is 11.2 Å². The van der Waals surface area contributed by atoms with Crippen LogP contribution in [0.5, 0.6) is 0 Å². The average molecular weight is 270 g/mol. The number of hydrogen-bond donors (Lipinski definition) is 1. The van der Waals surface area contributed by atoms with E-state index in [1.807, 2.05) is 26.0 Å². The molecular formula is C12H16BrNO. The molecule has 0 saturated heterocycles. The third kappa shape index (κ3) is 4.47. The molecule has 0 saturated carbocycles. The van der Waals surface area contributed by atoms with Gasteiger partial charge in [-0.2, -0.15) is 0 Å². The molecule has 3 heteroatoms. The van der Waals surface area contributed by atoms with Gasteiger partial charge in [0.15, 0.2) is 0 Å². The molecule has 0 aliphatic rings. The topological polar surface area (TPSA) is 29.1 Å². The van der Waals surface area contributed by atoms with Crippen molar-refractivity contribution in [3.8, 4) is 0 Å². The van der Waals surface area contributed by atoms with Gasteiger partial charge < -0.3 is 5.32 Å². The normalized spacial score (nSPS) is 12.2. The molecule has 0 radical (unpaired) electrons. The second-order valence-corrected chi connectivity index (χ2v) is 4.57. The van der Waals surface area contributed by atoms with Crippen molar-refractivity contribution < 1.29 is 4.79 Å². The second kappa shape index (κ2) is 5.91. The summed E-state index contributed by atoms with van der Waals surface area (Å²) in [5.74, 6) is 0.111. The van der Waals surface area contributed by atoms with E-state index in [4.69, 9.17) is 0 Å². The Bertz CT molecular complexity index is 321. The molecule has 0 aliphatic heterocycles. The van der Waals surface area contributed by atoms with Gasteiger partial charge in [0.05, 0.1) is 0 Å². The maximum absolute atomic E-state index is 11.1. The van der Waals surface area contributed by atoms with Crippen molar-refractivity contribution in [1.82, 2.24) is 5.32 Å². The molecule has 1 aromatic carbocycles. The van der Waals surface area contributed by atoms with Gasteiger partial charge in [-0.1, -0.05) is 35.0 Å². The highest BCUT2D eigenvalue weighted by atomic mass is 79.9. The molecule has 1 N–H and O–H groups in total. The van der Waals surface area contributed by atoms with Crippen LogP contribution in [0, 0.1) is 0 Å². The van der Waals surface area contributed by atoms with Gasteiger partial charge >= 0.3 is 0 Å². The summed E-state index contributed by atoms with van der Waals surface area (Å²) in [5.41, 5.74) is 1.24. The average Bonchev–Trinajstić information content (AvgIpc) is 2.21. The molecule has 1 aromatic rings. The molecule has 0 spiro atoms. The Labute approximate surface area is 99.2 Å². The Kier molecular flexibility index (Phi) is 4.82. The van der Waals surface area contributed by atoms with Crippen LogP contribution in [0.25, 0.3) is 0 Å². The van der Waals surface area contributed by atoms with Gasteiger partial charge in [-0.25, -0.2) is 0 Å². The van der Waals surface area contributed by atoms with Crippen LogP contribution in [0.4, 0.5) is 0 Å². The van der Waals surface area contributed by atoms with E-state index >= 15 is 0 Å². The largest absolute Gasteiger partial charge is 0.353 e. The van der Waals surface area contributed by atoms with Crippen molar-refractivity contribution in [3.63, 3.8) is 0 Å². The van der Waals surface area contributed by atoms with Crippen molar-refractivity contribution in [2.45, 2.75) is 32.7 Å². The first-order chi connectivity index (χ1) is 7.11. The van der Waals surface area contributed by atoms with Crippen LogP contribution in [-0.4, -0.2) is 11.9 Å². The summed E-state index contributed by atoms with van der Waals surface area (Å²) in [6, 6.07) is 8.36. The Morgan fingerprint density at radius 2 is 2.00 bits per heavy atom. The number of hydrogen-bond acceptors (Lipinski definition) is 1. The van der Waals surface area contributed by atoms with Crippen molar-refractivity contribution >= 4 is 21.8 Å². The summed E-state index contributed by atoms with van der Waals surface area (Å²) in [7, 11) is 0. The summed E-state index contributed by atoms with van der Waals surface area (Å²) < 4.78 is 1.08. The minimum atomic E-state index is 0.111. The van der Waals surface area contributed by atoms with Crippen LogP contribution in [0.1, 0.15) is 25.8 Å². The van der Waals surface area contributed by atoms with Gasteiger partial charge in [0.1, 0.15) is 0 Å². The summed E-state index contributed by atoms with van der Waals surface area (Å²) in [6.07, 6.45) is 1.42. The number of halogens is 1. The number of amides is 1. The summed E-state index contributed by atoms with van der Waals surface area (Å²) in [5, 5.41) is 2.94. The minimum Gasteiger partial charge on any atom is -0.353 e. The fourth-order valence-corrected chi connectivity index (χ4v) is 1.67. The molecule has 0 aromatic heterocycles. The number of carbonyl (C=O) groups is 1. The number of benzene rings is 1. The molecule has 82 valence electrons.